The fourth-order valence-electron chi connectivity index (χ4n) is 5.29. The SMILES string of the molecule is Cc1ccc(C(=O)NC2CC2)cc1-c1ccc2nc(N[C@@H](C)Cc3cccc(C(NC(=O)O)C(C)(C)C)c3)ncc2c1. The summed E-state index contributed by atoms with van der Waals surface area (Å²) in [5, 5.41) is 19.4. The van der Waals surface area contributed by atoms with Gasteiger partial charge in [0.1, 0.15) is 0 Å². The summed E-state index contributed by atoms with van der Waals surface area (Å²) >= 11 is 0. The number of aryl methyl sites for hydroxylation is 1. The van der Waals surface area contributed by atoms with E-state index in [1.165, 1.54) is 0 Å². The van der Waals surface area contributed by atoms with Crippen LogP contribution in [0.1, 0.15) is 73.6 Å². The Morgan fingerprint density at radius 1 is 1.05 bits per heavy atom. The van der Waals surface area contributed by atoms with Gasteiger partial charge in [0.15, 0.2) is 0 Å². The predicted octanol–water partition coefficient (Wildman–Crippen LogP) is 6.90. The van der Waals surface area contributed by atoms with Gasteiger partial charge in [0, 0.05) is 29.2 Å². The Hall–Kier alpha value is -4.46. The number of aromatic nitrogens is 2. The summed E-state index contributed by atoms with van der Waals surface area (Å²) in [6.45, 7) is 10.2. The highest BCUT2D eigenvalue weighted by molar-refractivity contribution is 5.96. The van der Waals surface area contributed by atoms with Crippen molar-refractivity contribution < 1.29 is 14.7 Å². The normalized spacial score (nSPS) is 14.7. The molecule has 1 heterocycles. The molecule has 4 N–H and O–H groups in total. The lowest BCUT2D eigenvalue weighted by Gasteiger charge is -2.31. The lowest BCUT2D eigenvalue weighted by molar-refractivity contribution is 0.0951. The van der Waals surface area contributed by atoms with Crippen LogP contribution < -0.4 is 16.0 Å². The molecule has 1 saturated carbocycles. The lowest BCUT2D eigenvalue weighted by atomic mass is 9.82. The smallest absolute Gasteiger partial charge is 0.405 e. The Morgan fingerprint density at radius 2 is 1.83 bits per heavy atom. The van der Waals surface area contributed by atoms with Crippen LogP contribution in [0, 0.1) is 12.3 Å². The third kappa shape index (κ3) is 7.05. The number of benzene rings is 3. The van der Waals surface area contributed by atoms with E-state index < -0.39 is 6.09 Å². The molecule has 218 valence electrons. The number of amides is 2. The van der Waals surface area contributed by atoms with Gasteiger partial charge in [0.05, 0.1) is 11.6 Å². The van der Waals surface area contributed by atoms with Gasteiger partial charge in [0.2, 0.25) is 5.95 Å². The summed E-state index contributed by atoms with van der Waals surface area (Å²) in [5.74, 6) is 0.527. The fourth-order valence-corrected chi connectivity index (χ4v) is 5.29. The van der Waals surface area contributed by atoms with E-state index in [2.05, 4.69) is 53.0 Å². The molecule has 1 fully saturated rings. The van der Waals surface area contributed by atoms with Gasteiger partial charge in [-0.25, -0.2) is 14.8 Å². The van der Waals surface area contributed by atoms with Crippen LogP contribution in [0.25, 0.3) is 22.0 Å². The minimum absolute atomic E-state index is 0.0228. The molecule has 1 unspecified atom stereocenters. The molecule has 0 spiro atoms. The van der Waals surface area contributed by atoms with E-state index in [9.17, 15) is 14.7 Å². The summed E-state index contributed by atoms with van der Waals surface area (Å²) in [5.41, 5.74) is 6.41. The second-order valence-electron chi connectivity index (χ2n) is 12.5. The van der Waals surface area contributed by atoms with Crippen LogP contribution in [0.5, 0.6) is 0 Å². The highest BCUT2D eigenvalue weighted by Gasteiger charge is 2.28. The molecule has 0 aliphatic heterocycles. The standard InChI is InChI=1S/C34H39N5O3/c1-20-9-10-25(31(40)37-27-12-13-27)18-28(20)23-11-14-29-26(17-23)19-35-32(38-29)36-21(2)15-22-7-6-8-24(16-22)30(34(3,4)5)39-33(41)42/h6-11,14,16-19,21,27,30,39H,12-13,15H2,1-5H3,(H,37,40)(H,41,42)(H,35,36,38)/t21-,30?/m0/s1. The third-order valence-electron chi connectivity index (χ3n) is 7.64. The maximum absolute atomic E-state index is 12.6. The molecule has 4 aromatic rings. The largest absolute Gasteiger partial charge is 0.465 e. The number of carboxylic acid groups (broad SMARTS) is 1. The average Bonchev–Trinajstić information content (AvgIpc) is 3.75. The zero-order valence-corrected chi connectivity index (χ0v) is 24.9. The predicted molar refractivity (Wildman–Crippen MR) is 167 cm³/mol. The molecule has 0 radical (unpaired) electrons. The van der Waals surface area contributed by atoms with Crippen molar-refractivity contribution in [1.29, 1.82) is 0 Å². The Morgan fingerprint density at radius 3 is 2.55 bits per heavy atom. The van der Waals surface area contributed by atoms with Gasteiger partial charge in [-0.1, -0.05) is 57.2 Å². The number of carbonyl (C=O) groups excluding carboxylic acids is 1. The van der Waals surface area contributed by atoms with Crippen molar-refractivity contribution in [3.8, 4) is 11.1 Å². The van der Waals surface area contributed by atoms with Gasteiger partial charge in [-0.3, -0.25) is 4.79 Å². The summed E-state index contributed by atoms with van der Waals surface area (Å²) in [7, 11) is 0. The number of carbonyl (C=O) groups is 2. The monoisotopic (exact) mass is 565 g/mol. The van der Waals surface area contributed by atoms with Crippen LogP contribution in [0.3, 0.4) is 0 Å². The third-order valence-corrected chi connectivity index (χ3v) is 7.64. The van der Waals surface area contributed by atoms with Gasteiger partial charge in [-0.05, 0) is 90.6 Å². The average molecular weight is 566 g/mol. The first-order valence-corrected chi connectivity index (χ1v) is 14.5. The van der Waals surface area contributed by atoms with E-state index in [1.807, 2.05) is 69.4 Å². The summed E-state index contributed by atoms with van der Waals surface area (Å²) < 4.78 is 0. The summed E-state index contributed by atoms with van der Waals surface area (Å²) in [6.07, 6.45) is 3.63. The molecule has 8 heteroatoms. The van der Waals surface area contributed by atoms with E-state index in [-0.39, 0.29) is 23.4 Å². The van der Waals surface area contributed by atoms with Crippen molar-refractivity contribution in [1.82, 2.24) is 20.6 Å². The number of hydrogen-bond donors (Lipinski definition) is 4. The maximum atomic E-state index is 12.6. The van der Waals surface area contributed by atoms with Crippen molar-refractivity contribution in [3.63, 3.8) is 0 Å². The number of hydrogen-bond acceptors (Lipinski definition) is 5. The van der Waals surface area contributed by atoms with Crippen molar-refractivity contribution in [2.24, 2.45) is 5.41 Å². The number of nitrogens with zero attached hydrogens (tertiary/aromatic N) is 2. The number of anilines is 1. The van der Waals surface area contributed by atoms with Crippen LogP contribution >= 0.6 is 0 Å². The molecule has 42 heavy (non-hydrogen) atoms. The van der Waals surface area contributed by atoms with Crippen molar-refractivity contribution in [2.75, 3.05) is 5.32 Å². The highest BCUT2D eigenvalue weighted by atomic mass is 16.4. The molecule has 5 rings (SSSR count). The maximum Gasteiger partial charge on any atom is 0.405 e. The molecule has 1 aliphatic carbocycles. The molecule has 1 aliphatic rings. The van der Waals surface area contributed by atoms with E-state index in [0.717, 1.165) is 58.0 Å². The molecule has 1 aromatic heterocycles. The first-order chi connectivity index (χ1) is 20.0. The zero-order chi connectivity index (χ0) is 30.0. The van der Waals surface area contributed by atoms with E-state index in [0.29, 0.717) is 17.6 Å². The number of fused-ring (bicyclic) bond motifs is 1. The quantitative estimate of drug-likeness (QED) is 0.176. The molecule has 8 nitrogen and oxygen atoms in total. The van der Waals surface area contributed by atoms with Crippen molar-refractivity contribution >= 4 is 28.9 Å². The molecule has 0 saturated heterocycles. The molecular weight excluding hydrogens is 526 g/mol. The molecule has 2 amide bonds. The minimum atomic E-state index is -1.03. The molecule has 0 bridgehead atoms. The molecular formula is C34H39N5O3. The zero-order valence-electron chi connectivity index (χ0n) is 24.9. The van der Waals surface area contributed by atoms with Crippen LogP contribution in [0.2, 0.25) is 0 Å². The Bertz CT molecular complexity index is 1620. The topological polar surface area (TPSA) is 116 Å². The number of rotatable bonds is 9. The molecule has 2 atom stereocenters. The van der Waals surface area contributed by atoms with Gasteiger partial charge in [0.25, 0.3) is 5.91 Å². The van der Waals surface area contributed by atoms with E-state index in [4.69, 9.17) is 4.98 Å². The Kier molecular flexibility index (Phi) is 8.16. The first kappa shape index (κ1) is 29.0. The first-order valence-electron chi connectivity index (χ1n) is 14.5. The van der Waals surface area contributed by atoms with E-state index >= 15 is 0 Å². The lowest BCUT2D eigenvalue weighted by Crippen LogP contribution is -2.35. The summed E-state index contributed by atoms with van der Waals surface area (Å²) in [4.78, 5) is 33.4. The van der Waals surface area contributed by atoms with Crippen molar-refractivity contribution in [3.05, 3.63) is 89.1 Å². The second kappa shape index (κ2) is 11.8. The van der Waals surface area contributed by atoms with Crippen LogP contribution in [-0.4, -0.2) is 39.2 Å². The molecule has 3 aromatic carbocycles. The van der Waals surface area contributed by atoms with Gasteiger partial charge in [-0.2, -0.15) is 0 Å². The van der Waals surface area contributed by atoms with Gasteiger partial charge < -0.3 is 21.1 Å². The van der Waals surface area contributed by atoms with Gasteiger partial charge in [-0.15, -0.1) is 0 Å². The minimum Gasteiger partial charge on any atom is -0.465 e. The van der Waals surface area contributed by atoms with Crippen LogP contribution in [0.15, 0.2) is 66.9 Å². The number of nitrogens with one attached hydrogen (secondary N) is 3. The Labute approximate surface area is 247 Å². The summed E-state index contributed by atoms with van der Waals surface area (Å²) in [6, 6.07) is 20.0. The van der Waals surface area contributed by atoms with Crippen molar-refractivity contribution in [2.45, 2.75) is 72.0 Å². The Balaban J connectivity index is 1.29. The fraction of sp³-hybridized carbons (Fsp3) is 0.353. The van der Waals surface area contributed by atoms with Gasteiger partial charge >= 0.3 is 6.09 Å². The second-order valence-corrected chi connectivity index (χ2v) is 12.5. The van der Waals surface area contributed by atoms with Crippen LogP contribution in [-0.2, 0) is 6.42 Å². The van der Waals surface area contributed by atoms with Crippen LogP contribution in [0.4, 0.5) is 10.7 Å². The van der Waals surface area contributed by atoms with E-state index in [1.54, 1.807) is 0 Å². The highest BCUT2D eigenvalue weighted by Crippen LogP contribution is 2.33.